The number of rotatable bonds is 8. The van der Waals surface area contributed by atoms with E-state index >= 15 is 0 Å². The van der Waals surface area contributed by atoms with E-state index in [-0.39, 0.29) is 6.10 Å². The van der Waals surface area contributed by atoms with Gasteiger partial charge in [0.2, 0.25) is 0 Å². The van der Waals surface area contributed by atoms with Crippen LogP contribution in [0.25, 0.3) is 0 Å². The summed E-state index contributed by atoms with van der Waals surface area (Å²) in [7, 11) is 0. The van der Waals surface area contributed by atoms with Gasteiger partial charge in [0.25, 0.3) is 0 Å². The number of aliphatic hydroxyl groups is 2. The van der Waals surface area contributed by atoms with Crippen LogP contribution in [0.15, 0.2) is 0 Å². The lowest BCUT2D eigenvalue weighted by molar-refractivity contribution is -0.0262. The topological polar surface area (TPSA) is 71.0 Å². The van der Waals surface area contributed by atoms with E-state index in [0.717, 1.165) is 38.7 Å². The molecule has 1 heterocycles. The summed E-state index contributed by atoms with van der Waals surface area (Å²) in [6, 6.07) is 0. The molecule has 1 aliphatic heterocycles. The molecule has 1 saturated heterocycles. The van der Waals surface area contributed by atoms with E-state index in [0.29, 0.717) is 32.2 Å². The maximum absolute atomic E-state index is 10.5. The summed E-state index contributed by atoms with van der Waals surface area (Å²) in [5.74, 6) is 0.588. The SMILES string of the molecule is CC1CCCC(O)(CNCC(O)COCC2CCCO2)C1. The Hall–Kier alpha value is -0.200. The zero-order valence-corrected chi connectivity index (χ0v) is 13.2. The van der Waals surface area contributed by atoms with E-state index in [4.69, 9.17) is 9.47 Å². The maximum atomic E-state index is 10.5. The normalized spacial score (nSPS) is 35.0. The minimum atomic E-state index is -0.601. The van der Waals surface area contributed by atoms with Crippen LogP contribution in [0, 0.1) is 5.92 Å². The van der Waals surface area contributed by atoms with Gasteiger partial charge >= 0.3 is 0 Å². The molecule has 2 rings (SSSR count). The highest BCUT2D eigenvalue weighted by molar-refractivity contribution is 4.87. The zero-order chi connectivity index (χ0) is 15.1. The Morgan fingerprint density at radius 3 is 2.95 bits per heavy atom. The highest BCUT2D eigenvalue weighted by Crippen LogP contribution is 2.31. The van der Waals surface area contributed by atoms with Crippen LogP contribution in [0.4, 0.5) is 0 Å². The molecule has 0 aromatic carbocycles. The van der Waals surface area contributed by atoms with Crippen molar-refractivity contribution in [2.45, 2.75) is 63.3 Å². The summed E-state index contributed by atoms with van der Waals surface area (Å²) in [6.45, 7) is 4.93. The van der Waals surface area contributed by atoms with Gasteiger partial charge in [-0.25, -0.2) is 0 Å². The predicted octanol–water partition coefficient (Wildman–Crippen LogP) is 1.07. The third-order valence-electron chi connectivity index (χ3n) is 4.54. The lowest BCUT2D eigenvalue weighted by atomic mass is 9.79. The molecule has 0 aromatic heterocycles. The van der Waals surface area contributed by atoms with Crippen molar-refractivity contribution in [1.29, 1.82) is 0 Å². The summed E-state index contributed by atoms with van der Waals surface area (Å²) in [6.07, 6.45) is 5.84. The second-order valence-corrected chi connectivity index (χ2v) is 6.88. The van der Waals surface area contributed by atoms with Crippen molar-refractivity contribution in [2.75, 3.05) is 32.9 Å². The smallest absolute Gasteiger partial charge is 0.0897 e. The average molecular weight is 301 g/mol. The third-order valence-corrected chi connectivity index (χ3v) is 4.54. The molecule has 4 unspecified atom stereocenters. The lowest BCUT2D eigenvalue weighted by Crippen LogP contribution is -2.46. The van der Waals surface area contributed by atoms with Crippen LogP contribution in [-0.4, -0.2) is 60.9 Å². The van der Waals surface area contributed by atoms with Crippen LogP contribution < -0.4 is 5.32 Å². The van der Waals surface area contributed by atoms with Crippen LogP contribution >= 0.6 is 0 Å². The van der Waals surface area contributed by atoms with E-state index in [1.54, 1.807) is 0 Å². The molecular formula is C16H31NO4. The fraction of sp³-hybridized carbons (Fsp3) is 1.00. The fourth-order valence-corrected chi connectivity index (χ4v) is 3.43. The van der Waals surface area contributed by atoms with Crippen molar-refractivity contribution in [3.63, 3.8) is 0 Å². The number of nitrogens with one attached hydrogen (secondary N) is 1. The first-order valence-corrected chi connectivity index (χ1v) is 8.38. The van der Waals surface area contributed by atoms with Crippen molar-refractivity contribution in [2.24, 2.45) is 5.92 Å². The molecule has 0 spiro atoms. The quantitative estimate of drug-likeness (QED) is 0.626. The molecule has 1 aliphatic carbocycles. The van der Waals surface area contributed by atoms with Crippen LogP contribution in [0.1, 0.15) is 45.4 Å². The molecule has 0 amide bonds. The zero-order valence-electron chi connectivity index (χ0n) is 13.2. The Morgan fingerprint density at radius 1 is 1.38 bits per heavy atom. The molecule has 5 nitrogen and oxygen atoms in total. The Bertz CT molecular complexity index is 296. The summed E-state index contributed by atoms with van der Waals surface area (Å²) in [4.78, 5) is 0. The Labute approximate surface area is 128 Å². The molecule has 0 bridgehead atoms. The van der Waals surface area contributed by atoms with E-state index in [9.17, 15) is 10.2 Å². The highest BCUT2D eigenvalue weighted by Gasteiger charge is 2.32. The number of hydrogen-bond acceptors (Lipinski definition) is 5. The van der Waals surface area contributed by atoms with Crippen molar-refractivity contribution in [3.05, 3.63) is 0 Å². The van der Waals surface area contributed by atoms with Crippen molar-refractivity contribution in [1.82, 2.24) is 5.32 Å². The van der Waals surface area contributed by atoms with E-state index < -0.39 is 11.7 Å². The predicted molar refractivity (Wildman–Crippen MR) is 81.3 cm³/mol. The van der Waals surface area contributed by atoms with Gasteiger partial charge in [-0.3, -0.25) is 0 Å². The van der Waals surface area contributed by atoms with E-state index in [1.807, 2.05) is 0 Å². The van der Waals surface area contributed by atoms with Gasteiger partial charge in [0.15, 0.2) is 0 Å². The van der Waals surface area contributed by atoms with Crippen molar-refractivity contribution in [3.8, 4) is 0 Å². The second-order valence-electron chi connectivity index (χ2n) is 6.88. The maximum Gasteiger partial charge on any atom is 0.0897 e. The monoisotopic (exact) mass is 301 g/mol. The molecule has 0 aromatic rings. The van der Waals surface area contributed by atoms with Crippen molar-refractivity contribution < 1.29 is 19.7 Å². The van der Waals surface area contributed by atoms with E-state index in [2.05, 4.69) is 12.2 Å². The van der Waals surface area contributed by atoms with E-state index in [1.165, 1.54) is 6.42 Å². The van der Waals surface area contributed by atoms with Gasteiger partial charge in [-0.05, 0) is 31.6 Å². The van der Waals surface area contributed by atoms with Gasteiger partial charge in [-0.1, -0.05) is 19.8 Å². The summed E-state index contributed by atoms with van der Waals surface area (Å²) >= 11 is 0. The molecule has 124 valence electrons. The standard InChI is InChI=1S/C16H31NO4/c1-13-4-2-6-16(19,8-13)12-17-9-14(18)10-20-11-15-5-3-7-21-15/h13-15,17-19H,2-12H2,1H3. The number of hydrogen-bond donors (Lipinski definition) is 3. The van der Waals surface area contributed by atoms with Gasteiger partial charge in [-0.15, -0.1) is 0 Å². The van der Waals surface area contributed by atoms with Gasteiger partial charge in [-0.2, -0.15) is 0 Å². The Kier molecular flexibility index (Phi) is 6.89. The first-order valence-electron chi connectivity index (χ1n) is 8.38. The van der Waals surface area contributed by atoms with Crippen LogP contribution in [-0.2, 0) is 9.47 Å². The Morgan fingerprint density at radius 2 is 2.24 bits per heavy atom. The summed E-state index contributed by atoms with van der Waals surface area (Å²) in [5, 5.41) is 23.5. The minimum absolute atomic E-state index is 0.203. The highest BCUT2D eigenvalue weighted by atomic mass is 16.5. The van der Waals surface area contributed by atoms with Crippen LogP contribution in [0.5, 0.6) is 0 Å². The first kappa shape index (κ1) is 17.2. The molecule has 0 radical (unpaired) electrons. The van der Waals surface area contributed by atoms with Crippen LogP contribution in [0.3, 0.4) is 0 Å². The minimum Gasteiger partial charge on any atom is -0.389 e. The average Bonchev–Trinajstić information content (AvgIpc) is 2.91. The summed E-state index contributed by atoms with van der Waals surface area (Å²) < 4.78 is 10.9. The van der Waals surface area contributed by atoms with Crippen molar-refractivity contribution >= 4 is 0 Å². The molecule has 4 atom stereocenters. The summed E-state index contributed by atoms with van der Waals surface area (Å²) in [5.41, 5.74) is -0.601. The second kappa shape index (κ2) is 8.44. The molecule has 2 fully saturated rings. The molecule has 3 N–H and O–H groups in total. The fourth-order valence-electron chi connectivity index (χ4n) is 3.43. The molecule has 5 heteroatoms. The lowest BCUT2D eigenvalue weighted by Gasteiger charge is -2.36. The first-order chi connectivity index (χ1) is 10.1. The molecule has 1 saturated carbocycles. The van der Waals surface area contributed by atoms with Gasteiger partial charge in [0.05, 0.1) is 31.0 Å². The number of aliphatic hydroxyl groups excluding tert-OH is 1. The molecule has 2 aliphatic rings. The number of ether oxygens (including phenoxy) is 2. The Balaban J connectivity index is 1.52. The molecule has 21 heavy (non-hydrogen) atoms. The van der Waals surface area contributed by atoms with Gasteiger partial charge in [0, 0.05) is 19.7 Å². The molecular weight excluding hydrogens is 270 g/mol. The van der Waals surface area contributed by atoms with Gasteiger partial charge in [0.1, 0.15) is 0 Å². The van der Waals surface area contributed by atoms with Crippen LogP contribution in [0.2, 0.25) is 0 Å². The largest absolute Gasteiger partial charge is 0.389 e. The van der Waals surface area contributed by atoms with Gasteiger partial charge < -0.3 is 25.0 Å². The third kappa shape index (κ3) is 6.20.